The fourth-order valence-corrected chi connectivity index (χ4v) is 2.62. The number of aromatic hydroxyl groups is 1. The standard InChI is InChI=1S/C15H11ClN2O2S/c16-11-4-6-13(7-5-11)21-9-14-17-15(20-18-14)10-2-1-3-12(19)8-10/h1-8,19H,9H2. The van der Waals surface area contributed by atoms with E-state index in [1.54, 1.807) is 30.0 Å². The van der Waals surface area contributed by atoms with Gasteiger partial charge in [0.1, 0.15) is 5.75 Å². The molecule has 106 valence electrons. The summed E-state index contributed by atoms with van der Waals surface area (Å²) in [5, 5.41) is 14.1. The lowest BCUT2D eigenvalue weighted by atomic mass is 10.2. The van der Waals surface area contributed by atoms with Crippen LogP contribution in [0.15, 0.2) is 57.9 Å². The van der Waals surface area contributed by atoms with Crippen LogP contribution in [-0.4, -0.2) is 15.2 Å². The van der Waals surface area contributed by atoms with E-state index < -0.39 is 0 Å². The molecule has 0 fully saturated rings. The molecule has 0 radical (unpaired) electrons. The molecule has 0 amide bonds. The summed E-state index contributed by atoms with van der Waals surface area (Å²) in [6, 6.07) is 14.3. The smallest absolute Gasteiger partial charge is 0.258 e. The summed E-state index contributed by atoms with van der Waals surface area (Å²) < 4.78 is 5.21. The van der Waals surface area contributed by atoms with Gasteiger partial charge in [-0.2, -0.15) is 4.98 Å². The van der Waals surface area contributed by atoms with Crippen LogP contribution in [0.4, 0.5) is 0 Å². The van der Waals surface area contributed by atoms with Gasteiger partial charge in [-0.05, 0) is 42.5 Å². The van der Waals surface area contributed by atoms with Crippen molar-refractivity contribution in [3.8, 4) is 17.2 Å². The second kappa shape index (κ2) is 6.20. The monoisotopic (exact) mass is 318 g/mol. The first-order chi connectivity index (χ1) is 10.2. The molecule has 6 heteroatoms. The third kappa shape index (κ3) is 3.56. The van der Waals surface area contributed by atoms with Crippen molar-refractivity contribution in [3.05, 3.63) is 59.4 Å². The molecule has 2 aromatic carbocycles. The zero-order valence-corrected chi connectivity index (χ0v) is 12.4. The Labute approximate surface area is 130 Å². The molecule has 4 nitrogen and oxygen atoms in total. The number of halogens is 1. The maximum absolute atomic E-state index is 9.45. The molecule has 21 heavy (non-hydrogen) atoms. The van der Waals surface area contributed by atoms with Crippen LogP contribution in [0, 0.1) is 0 Å². The Morgan fingerprint density at radius 3 is 2.71 bits per heavy atom. The number of aromatic nitrogens is 2. The minimum absolute atomic E-state index is 0.169. The van der Waals surface area contributed by atoms with Crippen molar-refractivity contribution in [1.82, 2.24) is 10.1 Å². The molecule has 3 rings (SSSR count). The van der Waals surface area contributed by atoms with E-state index in [4.69, 9.17) is 16.1 Å². The topological polar surface area (TPSA) is 59.2 Å². The van der Waals surface area contributed by atoms with Gasteiger partial charge in [-0.25, -0.2) is 0 Å². The first kappa shape index (κ1) is 14.0. The summed E-state index contributed by atoms with van der Waals surface area (Å²) in [7, 11) is 0. The van der Waals surface area contributed by atoms with Gasteiger partial charge in [0, 0.05) is 15.5 Å². The highest BCUT2D eigenvalue weighted by atomic mass is 35.5. The van der Waals surface area contributed by atoms with Crippen molar-refractivity contribution >= 4 is 23.4 Å². The molecule has 1 heterocycles. The average Bonchev–Trinajstić information content (AvgIpc) is 2.96. The van der Waals surface area contributed by atoms with E-state index in [-0.39, 0.29) is 5.75 Å². The van der Waals surface area contributed by atoms with Gasteiger partial charge < -0.3 is 9.63 Å². The number of nitrogens with zero attached hydrogens (tertiary/aromatic N) is 2. The van der Waals surface area contributed by atoms with E-state index >= 15 is 0 Å². The number of phenols is 1. The quantitative estimate of drug-likeness (QED) is 0.723. The largest absolute Gasteiger partial charge is 0.508 e. The van der Waals surface area contributed by atoms with Gasteiger partial charge in [0.25, 0.3) is 5.89 Å². The molecule has 0 aliphatic carbocycles. The lowest BCUT2D eigenvalue weighted by molar-refractivity contribution is 0.424. The van der Waals surface area contributed by atoms with Crippen molar-refractivity contribution in [2.45, 2.75) is 10.6 Å². The van der Waals surface area contributed by atoms with Gasteiger partial charge in [0.05, 0.1) is 5.75 Å². The number of phenolic OH excluding ortho intramolecular Hbond substituents is 1. The van der Waals surface area contributed by atoms with Crippen molar-refractivity contribution < 1.29 is 9.63 Å². The highest BCUT2D eigenvalue weighted by Gasteiger charge is 2.09. The van der Waals surface area contributed by atoms with E-state index in [0.29, 0.717) is 28.1 Å². The summed E-state index contributed by atoms with van der Waals surface area (Å²) in [6.07, 6.45) is 0. The van der Waals surface area contributed by atoms with E-state index in [2.05, 4.69) is 10.1 Å². The summed E-state index contributed by atoms with van der Waals surface area (Å²) >= 11 is 7.44. The SMILES string of the molecule is Oc1cccc(-c2nc(CSc3ccc(Cl)cc3)no2)c1. The number of rotatable bonds is 4. The van der Waals surface area contributed by atoms with E-state index in [1.807, 2.05) is 30.3 Å². The maximum atomic E-state index is 9.45. The van der Waals surface area contributed by atoms with Crippen LogP contribution in [-0.2, 0) is 5.75 Å². The Kier molecular flexibility index (Phi) is 4.13. The third-order valence-electron chi connectivity index (χ3n) is 2.74. The van der Waals surface area contributed by atoms with Crippen molar-refractivity contribution in [3.63, 3.8) is 0 Å². The van der Waals surface area contributed by atoms with E-state index in [0.717, 1.165) is 4.90 Å². The van der Waals surface area contributed by atoms with Crippen molar-refractivity contribution in [2.24, 2.45) is 0 Å². The zero-order valence-electron chi connectivity index (χ0n) is 10.9. The van der Waals surface area contributed by atoms with E-state index in [9.17, 15) is 5.11 Å². The molecule has 0 unspecified atom stereocenters. The molecule has 0 aliphatic heterocycles. The Morgan fingerprint density at radius 2 is 1.95 bits per heavy atom. The summed E-state index contributed by atoms with van der Waals surface area (Å²) in [4.78, 5) is 5.40. The minimum Gasteiger partial charge on any atom is -0.508 e. The highest BCUT2D eigenvalue weighted by molar-refractivity contribution is 7.98. The van der Waals surface area contributed by atoms with Crippen LogP contribution in [0.1, 0.15) is 5.82 Å². The fraction of sp³-hybridized carbons (Fsp3) is 0.0667. The molecule has 0 bridgehead atoms. The molecule has 1 aromatic heterocycles. The first-order valence-corrected chi connectivity index (χ1v) is 7.57. The molecular formula is C15H11ClN2O2S. The predicted octanol–water partition coefficient (Wildman–Crippen LogP) is 4.39. The molecule has 0 atom stereocenters. The molecule has 0 aliphatic rings. The highest BCUT2D eigenvalue weighted by Crippen LogP contribution is 2.25. The summed E-state index contributed by atoms with van der Waals surface area (Å²) in [5.74, 6) is 1.78. The number of hydrogen-bond donors (Lipinski definition) is 1. The van der Waals surface area contributed by atoms with Crippen LogP contribution >= 0.6 is 23.4 Å². The van der Waals surface area contributed by atoms with Crippen LogP contribution in [0.2, 0.25) is 5.02 Å². The average molecular weight is 319 g/mol. The lowest BCUT2D eigenvalue weighted by Gasteiger charge is -1.98. The van der Waals surface area contributed by atoms with Crippen LogP contribution in [0.25, 0.3) is 11.5 Å². The zero-order chi connectivity index (χ0) is 14.7. The fourth-order valence-electron chi connectivity index (χ4n) is 1.75. The van der Waals surface area contributed by atoms with Gasteiger partial charge in [-0.3, -0.25) is 0 Å². The lowest BCUT2D eigenvalue weighted by Crippen LogP contribution is -1.84. The van der Waals surface area contributed by atoms with Crippen molar-refractivity contribution in [1.29, 1.82) is 0 Å². The molecule has 0 saturated heterocycles. The second-order valence-corrected chi connectivity index (χ2v) is 5.79. The van der Waals surface area contributed by atoms with Crippen LogP contribution < -0.4 is 0 Å². The molecular weight excluding hydrogens is 308 g/mol. The second-order valence-electron chi connectivity index (χ2n) is 4.31. The van der Waals surface area contributed by atoms with Gasteiger partial charge in [-0.1, -0.05) is 22.8 Å². The number of hydrogen-bond acceptors (Lipinski definition) is 5. The minimum atomic E-state index is 0.169. The summed E-state index contributed by atoms with van der Waals surface area (Å²) in [5.41, 5.74) is 0.699. The normalized spacial score (nSPS) is 10.7. The van der Waals surface area contributed by atoms with Gasteiger partial charge in [0.15, 0.2) is 5.82 Å². The molecule has 3 aromatic rings. The summed E-state index contributed by atoms with van der Waals surface area (Å²) in [6.45, 7) is 0. The number of benzene rings is 2. The Hall–Kier alpha value is -1.98. The molecule has 1 N–H and O–H groups in total. The first-order valence-electron chi connectivity index (χ1n) is 6.21. The number of thioether (sulfide) groups is 1. The molecule has 0 spiro atoms. The Bertz CT molecular complexity index is 743. The maximum Gasteiger partial charge on any atom is 0.258 e. The van der Waals surface area contributed by atoms with Crippen molar-refractivity contribution in [2.75, 3.05) is 0 Å². The van der Waals surface area contributed by atoms with E-state index in [1.165, 1.54) is 0 Å². The van der Waals surface area contributed by atoms with Gasteiger partial charge in [0.2, 0.25) is 0 Å². The van der Waals surface area contributed by atoms with Crippen LogP contribution in [0.3, 0.4) is 0 Å². The van der Waals surface area contributed by atoms with Gasteiger partial charge in [-0.15, -0.1) is 11.8 Å². The van der Waals surface area contributed by atoms with Gasteiger partial charge >= 0.3 is 0 Å². The third-order valence-corrected chi connectivity index (χ3v) is 4.00. The Balaban J connectivity index is 1.69. The Morgan fingerprint density at radius 1 is 1.14 bits per heavy atom. The van der Waals surface area contributed by atoms with Crippen LogP contribution in [0.5, 0.6) is 5.75 Å². The predicted molar refractivity (Wildman–Crippen MR) is 82.4 cm³/mol. The molecule has 0 saturated carbocycles.